The predicted molar refractivity (Wildman–Crippen MR) is 111 cm³/mol. The number of fused-ring (bicyclic) bond motifs is 3. The Morgan fingerprint density at radius 1 is 0.793 bits per heavy atom. The van der Waals surface area contributed by atoms with Gasteiger partial charge < -0.3 is 4.42 Å². The average Bonchev–Trinajstić information content (AvgIpc) is 3.16. The van der Waals surface area contributed by atoms with Crippen molar-refractivity contribution in [3.63, 3.8) is 0 Å². The Kier molecular flexibility index (Phi) is 3.79. The summed E-state index contributed by atoms with van der Waals surface area (Å²) in [7, 11) is 0. The minimum Gasteiger partial charge on any atom is -0.456 e. The van der Waals surface area contributed by atoms with E-state index in [4.69, 9.17) is 16.3 Å². The zero-order chi connectivity index (χ0) is 19.8. The minimum absolute atomic E-state index is 0.552. The third-order valence-corrected chi connectivity index (χ3v) is 4.83. The van der Waals surface area contributed by atoms with Gasteiger partial charge in [0.2, 0.25) is 0 Å². The van der Waals surface area contributed by atoms with Crippen molar-refractivity contribution in [1.29, 1.82) is 5.26 Å². The summed E-state index contributed by atoms with van der Waals surface area (Å²) in [5.41, 5.74) is 5.87. The topological polar surface area (TPSA) is 67.1 Å². The smallest absolute Gasteiger partial charge is 0.190 e. The number of rotatable bonds is 2. The number of aromatic nitrogens is 2. The Labute approximate surface area is 166 Å². The first-order valence-electron chi connectivity index (χ1n) is 8.92. The summed E-state index contributed by atoms with van der Waals surface area (Å²) in [5.74, 6) is 0. The number of benzene rings is 2. The maximum absolute atomic E-state index is 9.11. The molecule has 0 spiro atoms. The molecule has 0 bridgehead atoms. The molecule has 5 nitrogen and oxygen atoms in total. The summed E-state index contributed by atoms with van der Waals surface area (Å²) >= 11 is 0. The van der Waals surface area contributed by atoms with E-state index in [0.29, 0.717) is 11.3 Å². The van der Waals surface area contributed by atoms with Crippen molar-refractivity contribution >= 4 is 27.6 Å². The van der Waals surface area contributed by atoms with E-state index in [0.717, 1.165) is 44.5 Å². The molecular weight excluding hydrogens is 360 g/mol. The summed E-state index contributed by atoms with van der Waals surface area (Å²) < 4.78 is 6.11. The first-order chi connectivity index (χ1) is 14.2. The van der Waals surface area contributed by atoms with Crippen LogP contribution < -0.4 is 0 Å². The molecule has 0 aliphatic rings. The van der Waals surface area contributed by atoms with Crippen molar-refractivity contribution in [3.05, 3.63) is 90.0 Å². The number of hydrogen-bond acceptors (Lipinski definition) is 4. The van der Waals surface area contributed by atoms with E-state index in [1.54, 1.807) is 36.7 Å². The molecule has 134 valence electrons. The van der Waals surface area contributed by atoms with Crippen LogP contribution in [0.3, 0.4) is 0 Å². The van der Waals surface area contributed by atoms with Gasteiger partial charge in [-0.3, -0.25) is 9.97 Å². The number of nitriles is 1. The number of nitrogens with zero attached hydrogens (tertiary/aromatic N) is 4. The van der Waals surface area contributed by atoms with Crippen LogP contribution in [0.25, 0.3) is 49.3 Å². The highest BCUT2D eigenvalue weighted by Crippen LogP contribution is 2.34. The van der Waals surface area contributed by atoms with E-state index in [1.165, 1.54) is 0 Å². The van der Waals surface area contributed by atoms with Gasteiger partial charge in [-0.1, -0.05) is 12.1 Å². The molecule has 5 aromatic rings. The van der Waals surface area contributed by atoms with Crippen molar-refractivity contribution in [2.45, 2.75) is 0 Å². The standard InChI is InChI=1S/C24H12N4O/c1-26-18-7-9-28-22(13-18)17-3-5-20-19-4-2-16(11-23(19)29-24(20)12-17)21-10-15(14-25)6-8-27-21/h2-13H. The quantitative estimate of drug-likeness (QED) is 0.349. The monoisotopic (exact) mass is 372 g/mol. The van der Waals surface area contributed by atoms with Crippen LogP contribution in [-0.2, 0) is 0 Å². The lowest BCUT2D eigenvalue weighted by molar-refractivity contribution is 0.669. The second-order valence-corrected chi connectivity index (χ2v) is 6.58. The fraction of sp³-hybridized carbons (Fsp3) is 0. The fourth-order valence-corrected chi connectivity index (χ4v) is 3.40. The highest BCUT2D eigenvalue weighted by molar-refractivity contribution is 6.06. The molecule has 5 heteroatoms. The Morgan fingerprint density at radius 2 is 1.41 bits per heavy atom. The second-order valence-electron chi connectivity index (χ2n) is 6.58. The van der Waals surface area contributed by atoms with Crippen LogP contribution in [0.1, 0.15) is 5.56 Å². The zero-order valence-electron chi connectivity index (χ0n) is 15.1. The van der Waals surface area contributed by atoms with Gasteiger partial charge in [-0.05, 0) is 48.5 Å². The first-order valence-corrected chi connectivity index (χ1v) is 8.92. The van der Waals surface area contributed by atoms with E-state index in [9.17, 15) is 0 Å². The van der Waals surface area contributed by atoms with Crippen molar-refractivity contribution < 1.29 is 4.42 Å². The summed E-state index contributed by atoms with van der Waals surface area (Å²) in [6.07, 6.45) is 3.27. The number of pyridine rings is 2. The number of hydrogen-bond donors (Lipinski definition) is 0. The predicted octanol–water partition coefficient (Wildman–Crippen LogP) is 6.13. The molecule has 0 aliphatic carbocycles. The van der Waals surface area contributed by atoms with Gasteiger partial charge in [-0.15, -0.1) is 0 Å². The average molecular weight is 372 g/mol. The third-order valence-electron chi connectivity index (χ3n) is 4.83. The van der Waals surface area contributed by atoms with Crippen LogP contribution in [0, 0.1) is 17.9 Å². The molecule has 29 heavy (non-hydrogen) atoms. The lowest BCUT2D eigenvalue weighted by Crippen LogP contribution is -1.84. The van der Waals surface area contributed by atoms with E-state index in [1.807, 2.05) is 36.4 Å². The lowest BCUT2D eigenvalue weighted by atomic mass is 10.0. The fourth-order valence-electron chi connectivity index (χ4n) is 3.40. The summed E-state index contributed by atoms with van der Waals surface area (Å²) in [6, 6.07) is 20.9. The summed E-state index contributed by atoms with van der Waals surface area (Å²) in [4.78, 5) is 12.2. The van der Waals surface area contributed by atoms with Crippen LogP contribution in [0.4, 0.5) is 5.69 Å². The molecule has 0 radical (unpaired) electrons. The van der Waals surface area contributed by atoms with Gasteiger partial charge >= 0.3 is 0 Å². The molecule has 0 amide bonds. The van der Waals surface area contributed by atoms with Gasteiger partial charge in [-0.2, -0.15) is 5.26 Å². The molecule has 0 fully saturated rings. The molecule has 0 aliphatic heterocycles. The molecule has 5 rings (SSSR count). The highest BCUT2D eigenvalue weighted by Gasteiger charge is 2.11. The highest BCUT2D eigenvalue weighted by atomic mass is 16.3. The van der Waals surface area contributed by atoms with Gasteiger partial charge in [0.15, 0.2) is 5.69 Å². The van der Waals surface area contributed by atoms with Gasteiger partial charge in [0, 0.05) is 34.3 Å². The normalized spacial score (nSPS) is 10.7. The van der Waals surface area contributed by atoms with Gasteiger partial charge in [0.25, 0.3) is 0 Å². The minimum atomic E-state index is 0.552. The second kappa shape index (κ2) is 6.60. The maximum atomic E-state index is 9.11. The molecule has 3 aromatic heterocycles. The van der Waals surface area contributed by atoms with Gasteiger partial charge in [0.05, 0.1) is 29.6 Å². The van der Waals surface area contributed by atoms with Crippen LogP contribution >= 0.6 is 0 Å². The van der Waals surface area contributed by atoms with E-state index < -0.39 is 0 Å². The molecule has 0 saturated carbocycles. The van der Waals surface area contributed by atoms with Crippen LogP contribution in [0.2, 0.25) is 0 Å². The summed E-state index contributed by atoms with van der Waals surface area (Å²) in [5, 5.41) is 11.1. The number of furan rings is 1. The molecule has 0 N–H and O–H groups in total. The molecule has 0 unspecified atom stereocenters. The third kappa shape index (κ3) is 2.88. The van der Waals surface area contributed by atoms with Crippen molar-refractivity contribution in [1.82, 2.24) is 9.97 Å². The summed E-state index contributed by atoms with van der Waals surface area (Å²) in [6.45, 7) is 7.18. The van der Waals surface area contributed by atoms with E-state index in [-0.39, 0.29) is 0 Å². The van der Waals surface area contributed by atoms with Crippen molar-refractivity contribution in [2.75, 3.05) is 0 Å². The largest absolute Gasteiger partial charge is 0.456 e. The Morgan fingerprint density at radius 3 is 2.03 bits per heavy atom. The van der Waals surface area contributed by atoms with Crippen LogP contribution in [-0.4, -0.2) is 9.97 Å². The molecule has 2 aromatic carbocycles. The van der Waals surface area contributed by atoms with Crippen molar-refractivity contribution in [2.24, 2.45) is 0 Å². The van der Waals surface area contributed by atoms with E-state index in [2.05, 4.69) is 20.9 Å². The van der Waals surface area contributed by atoms with Crippen molar-refractivity contribution in [3.8, 4) is 28.6 Å². The molecule has 0 atom stereocenters. The van der Waals surface area contributed by atoms with Gasteiger partial charge in [0.1, 0.15) is 11.2 Å². The van der Waals surface area contributed by atoms with E-state index >= 15 is 0 Å². The van der Waals surface area contributed by atoms with Crippen LogP contribution in [0.15, 0.2) is 77.5 Å². The SMILES string of the molecule is [C-]#[N+]c1ccnc(-c2ccc3c(c2)oc2cc(-c4cc(C#N)ccn4)ccc23)c1. The lowest BCUT2D eigenvalue weighted by Gasteiger charge is -2.01. The molecule has 0 saturated heterocycles. The first kappa shape index (κ1) is 16.7. The van der Waals surface area contributed by atoms with Gasteiger partial charge in [-0.25, -0.2) is 4.85 Å². The molecule has 3 heterocycles. The molecular formula is C24H12N4O. The maximum Gasteiger partial charge on any atom is 0.190 e. The van der Waals surface area contributed by atoms with Crippen LogP contribution in [0.5, 0.6) is 0 Å². The zero-order valence-corrected chi connectivity index (χ0v) is 15.1. The Hall–Kier alpha value is -4.48. The Balaban J connectivity index is 1.63. The Bertz CT molecular complexity index is 1370.